The number of aliphatic hydroxyl groups excluding tert-OH is 1. The molecule has 0 radical (unpaired) electrons. The second-order valence-electron chi connectivity index (χ2n) is 4.08. The number of sulfonamides is 1. The summed E-state index contributed by atoms with van der Waals surface area (Å²) in [7, 11) is -3.76. The SMILES string of the molecule is CCC(CO)NS(=O)(=O)c1c[nH]c2nccc(Cl)c12. The number of nitrogens with zero attached hydrogens (tertiary/aromatic N) is 1. The van der Waals surface area contributed by atoms with Crippen LogP contribution in [-0.2, 0) is 10.0 Å². The molecule has 0 aliphatic rings. The molecule has 0 bridgehead atoms. The molecule has 104 valence electrons. The summed E-state index contributed by atoms with van der Waals surface area (Å²) in [5, 5.41) is 9.74. The number of hydrogen-bond acceptors (Lipinski definition) is 4. The lowest BCUT2D eigenvalue weighted by Gasteiger charge is -2.13. The van der Waals surface area contributed by atoms with Crippen LogP contribution in [0.4, 0.5) is 0 Å². The van der Waals surface area contributed by atoms with E-state index in [-0.39, 0.29) is 11.5 Å². The van der Waals surface area contributed by atoms with E-state index < -0.39 is 16.1 Å². The third-order valence-corrected chi connectivity index (χ3v) is 4.67. The largest absolute Gasteiger partial charge is 0.395 e. The summed E-state index contributed by atoms with van der Waals surface area (Å²) in [6, 6.07) is 1.01. The summed E-state index contributed by atoms with van der Waals surface area (Å²) in [5.74, 6) is 0. The van der Waals surface area contributed by atoms with Crippen molar-refractivity contribution in [2.75, 3.05) is 6.61 Å². The Hall–Kier alpha value is -1.15. The van der Waals surface area contributed by atoms with Gasteiger partial charge in [-0.15, -0.1) is 0 Å². The quantitative estimate of drug-likeness (QED) is 0.775. The molecular weight excluding hydrogens is 290 g/mol. The molecule has 8 heteroatoms. The Morgan fingerprint density at radius 3 is 2.95 bits per heavy atom. The highest BCUT2D eigenvalue weighted by Crippen LogP contribution is 2.28. The molecule has 19 heavy (non-hydrogen) atoms. The lowest BCUT2D eigenvalue weighted by molar-refractivity contribution is 0.254. The van der Waals surface area contributed by atoms with Gasteiger partial charge in [0.25, 0.3) is 0 Å². The number of halogens is 1. The Kier molecular flexibility index (Phi) is 4.10. The van der Waals surface area contributed by atoms with Crippen LogP contribution in [0.2, 0.25) is 5.02 Å². The smallest absolute Gasteiger partial charge is 0.243 e. The fraction of sp³-hybridized carbons (Fsp3) is 0.364. The van der Waals surface area contributed by atoms with Gasteiger partial charge in [0.15, 0.2) is 0 Å². The molecule has 0 aromatic carbocycles. The van der Waals surface area contributed by atoms with Gasteiger partial charge in [0.05, 0.1) is 17.0 Å². The van der Waals surface area contributed by atoms with E-state index in [1.54, 1.807) is 6.92 Å². The molecule has 0 saturated carbocycles. The molecular formula is C11H14ClN3O3S. The van der Waals surface area contributed by atoms with Crippen molar-refractivity contribution in [3.63, 3.8) is 0 Å². The molecule has 0 aliphatic heterocycles. The zero-order valence-electron chi connectivity index (χ0n) is 10.2. The van der Waals surface area contributed by atoms with Crippen LogP contribution in [0.3, 0.4) is 0 Å². The first-order valence-corrected chi connectivity index (χ1v) is 7.60. The van der Waals surface area contributed by atoms with Crippen LogP contribution in [-0.4, -0.2) is 36.1 Å². The summed E-state index contributed by atoms with van der Waals surface area (Å²) >= 11 is 6.01. The molecule has 0 fully saturated rings. The number of aliphatic hydroxyl groups is 1. The fourth-order valence-corrected chi connectivity index (χ4v) is 3.53. The van der Waals surface area contributed by atoms with Gasteiger partial charge in [-0.25, -0.2) is 18.1 Å². The molecule has 1 unspecified atom stereocenters. The maximum absolute atomic E-state index is 12.3. The standard InChI is InChI=1S/C11H14ClN3O3S/c1-2-7(6-16)15-19(17,18)9-5-14-11-10(9)8(12)3-4-13-11/h3-5,7,15-16H,2,6H2,1H3,(H,13,14). The van der Waals surface area contributed by atoms with Gasteiger partial charge >= 0.3 is 0 Å². The predicted molar refractivity (Wildman–Crippen MR) is 72.6 cm³/mol. The van der Waals surface area contributed by atoms with Gasteiger partial charge in [-0.1, -0.05) is 18.5 Å². The minimum absolute atomic E-state index is 0.0347. The summed E-state index contributed by atoms with van der Waals surface area (Å²) in [4.78, 5) is 6.82. The number of aromatic nitrogens is 2. The molecule has 0 spiro atoms. The molecule has 0 amide bonds. The predicted octanol–water partition coefficient (Wildman–Crippen LogP) is 1.27. The van der Waals surface area contributed by atoms with Crippen LogP contribution < -0.4 is 4.72 Å². The van der Waals surface area contributed by atoms with Crippen LogP contribution in [0.5, 0.6) is 0 Å². The van der Waals surface area contributed by atoms with Gasteiger partial charge in [0.2, 0.25) is 10.0 Å². The van der Waals surface area contributed by atoms with Crippen molar-refractivity contribution in [1.29, 1.82) is 0 Å². The number of pyridine rings is 1. The molecule has 6 nitrogen and oxygen atoms in total. The summed E-state index contributed by atoms with van der Waals surface area (Å²) in [6.07, 6.45) is 3.33. The summed E-state index contributed by atoms with van der Waals surface area (Å²) in [5.41, 5.74) is 0.407. The van der Waals surface area contributed by atoms with Crippen molar-refractivity contribution in [1.82, 2.24) is 14.7 Å². The maximum Gasteiger partial charge on any atom is 0.243 e. The average molecular weight is 304 g/mol. The van der Waals surface area contributed by atoms with E-state index in [1.165, 1.54) is 18.5 Å². The number of hydrogen-bond donors (Lipinski definition) is 3. The van der Waals surface area contributed by atoms with Gasteiger partial charge in [-0.05, 0) is 12.5 Å². The van der Waals surface area contributed by atoms with Gasteiger partial charge in [0.1, 0.15) is 10.5 Å². The highest BCUT2D eigenvalue weighted by atomic mass is 35.5. The van der Waals surface area contributed by atoms with Crippen molar-refractivity contribution < 1.29 is 13.5 Å². The van der Waals surface area contributed by atoms with Crippen molar-refractivity contribution in [2.24, 2.45) is 0 Å². The first kappa shape index (κ1) is 14.3. The Morgan fingerprint density at radius 1 is 1.58 bits per heavy atom. The molecule has 2 aromatic heterocycles. The van der Waals surface area contributed by atoms with E-state index in [9.17, 15) is 8.42 Å². The number of rotatable bonds is 5. The number of nitrogens with one attached hydrogen (secondary N) is 2. The molecule has 2 aromatic rings. The van der Waals surface area contributed by atoms with E-state index in [0.29, 0.717) is 22.5 Å². The van der Waals surface area contributed by atoms with E-state index in [1.807, 2.05) is 0 Å². The molecule has 0 aliphatic carbocycles. The minimum atomic E-state index is -3.76. The Labute approximate surface area is 115 Å². The molecule has 2 heterocycles. The second kappa shape index (κ2) is 5.46. The summed E-state index contributed by atoms with van der Waals surface area (Å²) < 4.78 is 26.9. The third-order valence-electron chi connectivity index (χ3n) is 2.81. The first-order chi connectivity index (χ1) is 8.99. The number of fused-ring (bicyclic) bond motifs is 1. The van der Waals surface area contributed by atoms with Gasteiger partial charge in [0, 0.05) is 18.4 Å². The first-order valence-electron chi connectivity index (χ1n) is 5.74. The van der Waals surface area contributed by atoms with Crippen molar-refractivity contribution >= 4 is 32.7 Å². The zero-order chi connectivity index (χ0) is 14.0. The molecule has 1 atom stereocenters. The minimum Gasteiger partial charge on any atom is -0.395 e. The molecule has 0 saturated heterocycles. The number of aromatic amines is 1. The third kappa shape index (κ3) is 2.74. The monoisotopic (exact) mass is 303 g/mol. The van der Waals surface area contributed by atoms with E-state index in [4.69, 9.17) is 16.7 Å². The lowest BCUT2D eigenvalue weighted by Crippen LogP contribution is -2.36. The highest BCUT2D eigenvalue weighted by molar-refractivity contribution is 7.89. The second-order valence-corrected chi connectivity index (χ2v) is 6.17. The van der Waals surface area contributed by atoms with Crippen molar-refractivity contribution in [3.8, 4) is 0 Å². The van der Waals surface area contributed by atoms with E-state index >= 15 is 0 Å². The fourth-order valence-electron chi connectivity index (χ4n) is 1.73. The van der Waals surface area contributed by atoms with Crippen molar-refractivity contribution in [3.05, 3.63) is 23.5 Å². The summed E-state index contributed by atoms with van der Waals surface area (Å²) in [6.45, 7) is 1.53. The van der Waals surface area contributed by atoms with Crippen molar-refractivity contribution in [2.45, 2.75) is 24.3 Å². The Bertz CT molecular complexity index is 680. The Morgan fingerprint density at radius 2 is 2.32 bits per heavy atom. The van der Waals surface area contributed by atoms with Crippen LogP contribution >= 0.6 is 11.6 Å². The topological polar surface area (TPSA) is 95.1 Å². The molecule has 2 rings (SSSR count). The van der Waals surface area contributed by atoms with Gasteiger partial charge in [-0.2, -0.15) is 0 Å². The normalized spacial score (nSPS) is 13.8. The van der Waals surface area contributed by atoms with E-state index in [0.717, 1.165) is 0 Å². The zero-order valence-corrected chi connectivity index (χ0v) is 11.8. The highest BCUT2D eigenvalue weighted by Gasteiger charge is 2.23. The van der Waals surface area contributed by atoms with Gasteiger partial charge < -0.3 is 10.1 Å². The lowest BCUT2D eigenvalue weighted by atomic mass is 10.3. The van der Waals surface area contributed by atoms with E-state index in [2.05, 4.69) is 14.7 Å². The van der Waals surface area contributed by atoms with Crippen LogP contribution in [0, 0.1) is 0 Å². The average Bonchev–Trinajstić information content (AvgIpc) is 2.82. The Balaban J connectivity index is 2.49. The maximum atomic E-state index is 12.3. The molecule has 3 N–H and O–H groups in total. The van der Waals surface area contributed by atoms with Crippen LogP contribution in [0.25, 0.3) is 11.0 Å². The van der Waals surface area contributed by atoms with Gasteiger partial charge in [-0.3, -0.25) is 0 Å². The number of H-pyrrole nitrogens is 1. The van der Waals surface area contributed by atoms with Crippen LogP contribution in [0.1, 0.15) is 13.3 Å². The van der Waals surface area contributed by atoms with Crippen LogP contribution in [0.15, 0.2) is 23.4 Å².